The van der Waals surface area contributed by atoms with Gasteiger partial charge in [-0.1, -0.05) is 0 Å². The molecular weight excluding hydrogens is 381 g/mol. The molecule has 0 radical (unpaired) electrons. The van der Waals surface area contributed by atoms with Crippen LogP contribution < -0.4 is 9.62 Å². The van der Waals surface area contributed by atoms with E-state index in [0.29, 0.717) is 17.7 Å². The second-order valence-corrected chi connectivity index (χ2v) is 8.34. The summed E-state index contributed by atoms with van der Waals surface area (Å²) in [6.07, 6.45) is -2.83. The quantitative estimate of drug-likeness (QED) is 0.858. The highest BCUT2D eigenvalue weighted by Crippen LogP contribution is 2.35. The topological polar surface area (TPSA) is 66.5 Å². The predicted octanol–water partition coefficient (Wildman–Crippen LogP) is 3.67. The van der Waals surface area contributed by atoms with Crippen molar-refractivity contribution in [3.05, 3.63) is 59.2 Å². The lowest BCUT2D eigenvalue weighted by Gasteiger charge is -2.21. The smallest absolute Gasteiger partial charge is 0.322 e. The van der Waals surface area contributed by atoms with E-state index in [-0.39, 0.29) is 11.7 Å². The number of sulfonamides is 1. The monoisotopic (exact) mass is 398 g/mol. The zero-order valence-corrected chi connectivity index (χ0v) is 15.4. The number of alkyl halides is 3. The zero-order chi connectivity index (χ0) is 20.0. The normalized spacial score (nSPS) is 16.9. The molecule has 1 N–H and O–H groups in total. The van der Waals surface area contributed by atoms with Crippen molar-refractivity contribution in [1.82, 2.24) is 0 Å². The molecule has 0 fully saturated rings. The molecule has 3 rings (SSSR count). The maximum absolute atomic E-state index is 12.6. The highest BCUT2D eigenvalue weighted by Gasteiger charge is 2.33. The molecule has 5 nitrogen and oxygen atoms in total. The number of hydrogen-bond donors (Lipinski definition) is 1. The summed E-state index contributed by atoms with van der Waals surface area (Å²) in [5.41, 5.74) is 1.01. The molecule has 27 heavy (non-hydrogen) atoms. The second-order valence-electron chi connectivity index (χ2n) is 6.48. The minimum atomic E-state index is -4.44. The van der Waals surface area contributed by atoms with E-state index in [2.05, 4.69) is 5.32 Å². The minimum Gasteiger partial charge on any atom is -0.322 e. The van der Waals surface area contributed by atoms with Crippen LogP contribution in [0.2, 0.25) is 0 Å². The molecule has 2 aromatic rings. The molecule has 0 aliphatic carbocycles. The maximum Gasteiger partial charge on any atom is 0.416 e. The lowest BCUT2D eigenvalue weighted by molar-refractivity contribution is -0.137. The Balaban J connectivity index is 1.80. The van der Waals surface area contributed by atoms with Gasteiger partial charge in [0.1, 0.15) is 0 Å². The number of anilines is 2. The van der Waals surface area contributed by atoms with E-state index in [0.717, 1.165) is 24.0 Å². The number of rotatable bonds is 3. The minimum absolute atomic E-state index is 0.236. The molecule has 1 aliphatic heterocycles. The van der Waals surface area contributed by atoms with Gasteiger partial charge in [0.25, 0.3) is 5.91 Å². The van der Waals surface area contributed by atoms with Crippen molar-refractivity contribution < 1.29 is 26.4 Å². The highest BCUT2D eigenvalue weighted by molar-refractivity contribution is 7.92. The molecule has 0 aromatic heterocycles. The van der Waals surface area contributed by atoms with Gasteiger partial charge in [0.05, 0.1) is 17.5 Å². The van der Waals surface area contributed by atoms with E-state index in [4.69, 9.17) is 0 Å². The van der Waals surface area contributed by atoms with E-state index < -0.39 is 27.7 Å². The number of amides is 1. The van der Waals surface area contributed by atoms with E-state index in [9.17, 15) is 26.4 Å². The van der Waals surface area contributed by atoms with Crippen molar-refractivity contribution in [3.8, 4) is 0 Å². The Kier molecular flexibility index (Phi) is 4.67. The van der Waals surface area contributed by atoms with Crippen LogP contribution in [0.1, 0.15) is 28.4 Å². The standard InChI is InChI=1S/C18H17F3N2O3S/c1-11-9-13-10-12(3-8-16(13)23(11)27(2,25)26)17(24)22-15-6-4-14(5-7-15)18(19,20)21/h3-8,10-11H,9H2,1-2H3,(H,22,24)/t11-/m0/s1. The number of halogens is 3. The number of carbonyl (C=O) groups is 1. The molecule has 144 valence electrons. The van der Waals surface area contributed by atoms with Gasteiger partial charge >= 0.3 is 6.18 Å². The van der Waals surface area contributed by atoms with E-state index >= 15 is 0 Å². The fourth-order valence-electron chi connectivity index (χ4n) is 3.20. The fourth-order valence-corrected chi connectivity index (χ4v) is 4.46. The Bertz CT molecular complexity index is 986. The first-order valence-electron chi connectivity index (χ1n) is 8.08. The third kappa shape index (κ3) is 3.92. The van der Waals surface area contributed by atoms with Crippen molar-refractivity contribution >= 4 is 27.3 Å². The molecule has 1 aliphatic rings. The van der Waals surface area contributed by atoms with Gasteiger partial charge in [0, 0.05) is 17.3 Å². The van der Waals surface area contributed by atoms with Gasteiger partial charge in [-0.25, -0.2) is 8.42 Å². The molecule has 1 atom stereocenters. The Hall–Kier alpha value is -2.55. The van der Waals surface area contributed by atoms with Gasteiger partial charge in [-0.15, -0.1) is 0 Å². The SMILES string of the molecule is C[C@H]1Cc2cc(C(=O)Nc3ccc(C(F)(F)F)cc3)ccc2N1S(C)(=O)=O. The van der Waals surface area contributed by atoms with E-state index in [1.54, 1.807) is 19.1 Å². The van der Waals surface area contributed by atoms with Crippen LogP contribution in [0.5, 0.6) is 0 Å². The van der Waals surface area contributed by atoms with Crippen LogP contribution in [-0.4, -0.2) is 26.6 Å². The number of benzene rings is 2. The van der Waals surface area contributed by atoms with E-state index in [1.807, 2.05) is 0 Å². The molecule has 2 aromatic carbocycles. The van der Waals surface area contributed by atoms with Gasteiger partial charge < -0.3 is 5.32 Å². The van der Waals surface area contributed by atoms with Crippen LogP contribution in [0.15, 0.2) is 42.5 Å². The lowest BCUT2D eigenvalue weighted by Crippen LogP contribution is -2.34. The third-order valence-electron chi connectivity index (χ3n) is 4.32. The Morgan fingerprint density at radius 2 is 1.78 bits per heavy atom. The molecule has 0 spiro atoms. The molecule has 1 heterocycles. The van der Waals surface area contributed by atoms with Crippen molar-refractivity contribution in [2.45, 2.75) is 25.6 Å². The second kappa shape index (κ2) is 6.56. The van der Waals surface area contributed by atoms with Crippen molar-refractivity contribution in [2.75, 3.05) is 15.9 Å². The first-order valence-corrected chi connectivity index (χ1v) is 9.92. The molecule has 0 saturated heterocycles. The first-order chi connectivity index (χ1) is 12.5. The van der Waals surface area contributed by atoms with Gasteiger partial charge in [-0.2, -0.15) is 13.2 Å². The predicted molar refractivity (Wildman–Crippen MR) is 96.3 cm³/mol. The average Bonchev–Trinajstić information content (AvgIpc) is 2.89. The number of fused-ring (bicyclic) bond motifs is 1. The molecular formula is C18H17F3N2O3S. The largest absolute Gasteiger partial charge is 0.416 e. The summed E-state index contributed by atoms with van der Waals surface area (Å²) >= 11 is 0. The summed E-state index contributed by atoms with van der Waals surface area (Å²) < 4.78 is 62.9. The summed E-state index contributed by atoms with van der Waals surface area (Å²) in [5.74, 6) is -0.483. The summed E-state index contributed by atoms with van der Waals surface area (Å²) in [4.78, 5) is 12.4. The Labute approximate surface area is 154 Å². The summed E-state index contributed by atoms with van der Waals surface area (Å²) in [6.45, 7) is 1.78. The van der Waals surface area contributed by atoms with Gasteiger partial charge in [0.15, 0.2) is 0 Å². The summed E-state index contributed by atoms with van der Waals surface area (Å²) in [7, 11) is -3.42. The van der Waals surface area contributed by atoms with Crippen molar-refractivity contribution in [3.63, 3.8) is 0 Å². The molecule has 0 saturated carbocycles. The number of nitrogens with one attached hydrogen (secondary N) is 1. The van der Waals surface area contributed by atoms with Crippen LogP contribution in [0, 0.1) is 0 Å². The van der Waals surface area contributed by atoms with Crippen molar-refractivity contribution in [1.29, 1.82) is 0 Å². The Morgan fingerprint density at radius 1 is 1.15 bits per heavy atom. The number of hydrogen-bond acceptors (Lipinski definition) is 3. The van der Waals surface area contributed by atoms with Crippen molar-refractivity contribution in [2.24, 2.45) is 0 Å². The first kappa shape index (κ1) is 19.2. The summed E-state index contributed by atoms with van der Waals surface area (Å²) in [6, 6.07) is 8.58. The highest BCUT2D eigenvalue weighted by atomic mass is 32.2. The molecule has 1 amide bonds. The fraction of sp³-hybridized carbons (Fsp3) is 0.278. The zero-order valence-electron chi connectivity index (χ0n) is 14.5. The average molecular weight is 398 g/mol. The molecule has 0 bridgehead atoms. The maximum atomic E-state index is 12.6. The molecule has 0 unspecified atom stereocenters. The van der Waals surface area contributed by atoms with Gasteiger partial charge in [-0.05, 0) is 61.4 Å². The van der Waals surface area contributed by atoms with Crippen LogP contribution in [0.25, 0.3) is 0 Å². The van der Waals surface area contributed by atoms with Crippen LogP contribution in [0.4, 0.5) is 24.5 Å². The van der Waals surface area contributed by atoms with Crippen LogP contribution in [0.3, 0.4) is 0 Å². The van der Waals surface area contributed by atoms with Gasteiger partial charge in [-0.3, -0.25) is 9.10 Å². The van der Waals surface area contributed by atoms with Crippen LogP contribution >= 0.6 is 0 Å². The third-order valence-corrected chi connectivity index (χ3v) is 5.59. The molecule has 9 heteroatoms. The lowest BCUT2D eigenvalue weighted by atomic mass is 10.1. The van der Waals surface area contributed by atoms with E-state index in [1.165, 1.54) is 22.5 Å². The summed E-state index contributed by atoms with van der Waals surface area (Å²) in [5, 5.41) is 2.54. The van der Waals surface area contributed by atoms with Gasteiger partial charge in [0.2, 0.25) is 10.0 Å². The number of carbonyl (C=O) groups excluding carboxylic acids is 1. The number of nitrogens with zero attached hydrogens (tertiary/aromatic N) is 1. The van der Waals surface area contributed by atoms with Crippen LogP contribution in [-0.2, 0) is 22.6 Å². The Morgan fingerprint density at radius 3 is 2.33 bits per heavy atom.